The van der Waals surface area contributed by atoms with Crippen LogP contribution in [0.4, 0.5) is 0 Å². The van der Waals surface area contributed by atoms with Gasteiger partial charge >= 0.3 is 0 Å². The summed E-state index contributed by atoms with van der Waals surface area (Å²) in [4.78, 5) is 4.69. The van der Waals surface area contributed by atoms with E-state index in [1.807, 2.05) is 31.3 Å². The molecule has 1 aromatic heterocycles. The molecule has 1 heterocycles. The van der Waals surface area contributed by atoms with Crippen molar-refractivity contribution in [2.45, 2.75) is 17.8 Å². The molecule has 0 aliphatic carbocycles. The Morgan fingerprint density at radius 2 is 2.10 bits per heavy atom. The first kappa shape index (κ1) is 13.7. The van der Waals surface area contributed by atoms with Crippen LogP contribution in [-0.2, 0) is 12.8 Å². The number of nitriles is 1. The molecule has 3 rings (SSSR count). The molecule has 2 aromatic carbocycles. The highest BCUT2D eigenvalue weighted by Gasteiger charge is 2.08. The summed E-state index contributed by atoms with van der Waals surface area (Å²) < 4.78 is 2.12. The van der Waals surface area contributed by atoms with Gasteiger partial charge in [-0.2, -0.15) is 5.26 Å². The Hall–Kier alpha value is -2.25. The fourth-order valence-electron chi connectivity index (χ4n) is 2.30. The van der Waals surface area contributed by atoms with Gasteiger partial charge in [-0.3, -0.25) is 0 Å². The lowest BCUT2D eigenvalue weighted by molar-refractivity contribution is 0.815. The fraction of sp³-hybridized carbons (Fsp3) is 0.176. The van der Waals surface area contributed by atoms with Gasteiger partial charge in [0.25, 0.3) is 0 Å². The van der Waals surface area contributed by atoms with Crippen molar-refractivity contribution in [3.05, 3.63) is 59.2 Å². The molecule has 0 saturated heterocycles. The Bertz CT molecular complexity index is 843. The van der Waals surface area contributed by atoms with Crippen LogP contribution in [0.2, 0.25) is 0 Å². The molecule has 0 aliphatic heterocycles. The fourth-order valence-corrected chi connectivity index (χ4v) is 3.23. The van der Waals surface area contributed by atoms with Crippen molar-refractivity contribution in [1.29, 1.82) is 5.26 Å². The van der Waals surface area contributed by atoms with E-state index in [1.54, 1.807) is 11.8 Å². The number of hydrogen-bond donors (Lipinski definition) is 0. The lowest BCUT2D eigenvalue weighted by atomic mass is 10.2. The number of imidazole rings is 1. The number of aryl methyl sites for hydroxylation is 2. The van der Waals surface area contributed by atoms with Gasteiger partial charge in [0.1, 0.15) is 0 Å². The zero-order valence-electron chi connectivity index (χ0n) is 12.0. The molecule has 0 N–H and O–H groups in total. The van der Waals surface area contributed by atoms with E-state index in [1.165, 1.54) is 5.56 Å². The van der Waals surface area contributed by atoms with Crippen LogP contribution in [0.3, 0.4) is 0 Å². The number of aromatic nitrogens is 2. The van der Waals surface area contributed by atoms with Crippen molar-refractivity contribution in [2.75, 3.05) is 0 Å². The lowest BCUT2D eigenvalue weighted by Crippen LogP contribution is -1.91. The van der Waals surface area contributed by atoms with Crippen LogP contribution in [0, 0.1) is 18.3 Å². The molecule has 0 atom stereocenters. The highest BCUT2D eigenvalue weighted by Crippen LogP contribution is 2.26. The first-order valence-electron chi connectivity index (χ1n) is 6.72. The van der Waals surface area contributed by atoms with E-state index in [9.17, 15) is 0 Å². The SMILES string of the molecule is Cc1ccc2c(c1)nc(SCc1cccc(C#N)c1)n2C. The number of thioether (sulfide) groups is 1. The topological polar surface area (TPSA) is 41.6 Å². The summed E-state index contributed by atoms with van der Waals surface area (Å²) >= 11 is 1.69. The first-order valence-corrected chi connectivity index (χ1v) is 7.71. The van der Waals surface area contributed by atoms with Crippen molar-refractivity contribution in [3.8, 4) is 6.07 Å². The zero-order chi connectivity index (χ0) is 14.8. The summed E-state index contributed by atoms with van der Waals surface area (Å²) in [5, 5.41) is 9.94. The maximum Gasteiger partial charge on any atom is 0.169 e. The number of rotatable bonds is 3. The van der Waals surface area contributed by atoms with Crippen molar-refractivity contribution in [1.82, 2.24) is 9.55 Å². The molecule has 21 heavy (non-hydrogen) atoms. The number of nitrogens with zero attached hydrogens (tertiary/aromatic N) is 3. The van der Waals surface area contributed by atoms with E-state index in [2.05, 4.69) is 35.8 Å². The minimum absolute atomic E-state index is 0.703. The summed E-state index contributed by atoms with van der Waals surface area (Å²) in [5.74, 6) is 0.811. The number of fused-ring (bicyclic) bond motifs is 1. The Labute approximate surface area is 128 Å². The predicted octanol–water partition coefficient (Wildman–Crippen LogP) is 4.05. The maximum atomic E-state index is 8.94. The average Bonchev–Trinajstić information content (AvgIpc) is 2.81. The second kappa shape index (κ2) is 5.63. The molecule has 0 fully saturated rings. The third kappa shape index (κ3) is 2.79. The maximum absolute atomic E-state index is 8.94. The monoisotopic (exact) mass is 293 g/mol. The Morgan fingerprint density at radius 3 is 2.90 bits per heavy atom. The molecule has 0 unspecified atom stereocenters. The second-order valence-corrected chi connectivity index (χ2v) is 5.99. The van der Waals surface area contributed by atoms with Gasteiger partial charge in [-0.25, -0.2) is 4.98 Å². The van der Waals surface area contributed by atoms with Gasteiger partial charge in [-0.05, 0) is 42.3 Å². The Morgan fingerprint density at radius 1 is 1.24 bits per heavy atom. The van der Waals surface area contributed by atoms with Gasteiger partial charge in [-0.15, -0.1) is 0 Å². The smallest absolute Gasteiger partial charge is 0.169 e. The minimum atomic E-state index is 0.703. The molecule has 0 spiro atoms. The molecular formula is C17H15N3S. The third-order valence-corrected chi connectivity index (χ3v) is 4.52. The molecule has 0 amide bonds. The van der Waals surface area contributed by atoms with E-state index in [4.69, 9.17) is 10.2 Å². The molecule has 0 saturated carbocycles. The van der Waals surface area contributed by atoms with Crippen LogP contribution in [-0.4, -0.2) is 9.55 Å². The molecule has 0 aliphatic rings. The van der Waals surface area contributed by atoms with E-state index in [0.717, 1.165) is 27.5 Å². The van der Waals surface area contributed by atoms with E-state index in [-0.39, 0.29) is 0 Å². The molecule has 0 radical (unpaired) electrons. The molecule has 3 nitrogen and oxygen atoms in total. The average molecular weight is 293 g/mol. The number of hydrogen-bond acceptors (Lipinski definition) is 3. The first-order chi connectivity index (χ1) is 10.2. The normalized spacial score (nSPS) is 10.7. The van der Waals surface area contributed by atoms with Crippen molar-refractivity contribution in [3.63, 3.8) is 0 Å². The summed E-state index contributed by atoms with van der Waals surface area (Å²) in [6.45, 7) is 2.08. The largest absolute Gasteiger partial charge is 0.322 e. The quantitative estimate of drug-likeness (QED) is 0.684. The Balaban J connectivity index is 1.85. The second-order valence-electron chi connectivity index (χ2n) is 5.05. The van der Waals surface area contributed by atoms with E-state index < -0.39 is 0 Å². The van der Waals surface area contributed by atoms with Gasteiger partial charge in [-0.1, -0.05) is 30.0 Å². The molecule has 3 aromatic rings. The summed E-state index contributed by atoms with van der Waals surface area (Å²) in [6.07, 6.45) is 0. The van der Waals surface area contributed by atoms with Crippen LogP contribution in [0.15, 0.2) is 47.6 Å². The highest BCUT2D eigenvalue weighted by molar-refractivity contribution is 7.98. The lowest BCUT2D eigenvalue weighted by Gasteiger charge is -2.03. The van der Waals surface area contributed by atoms with Crippen molar-refractivity contribution < 1.29 is 0 Å². The predicted molar refractivity (Wildman–Crippen MR) is 86.2 cm³/mol. The van der Waals surface area contributed by atoms with Gasteiger partial charge < -0.3 is 4.57 Å². The highest BCUT2D eigenvalue weighted by atomic mass is 32.2. The van der Waals surface area contributed by atoms with Gasteiger partial charge in [0, 0.05) is 12.8 Å². The van der Waals surface area contributed by atoms with Gasteiger partial charge in [0.15, 0.2) is 5.16 Å². The number of benzene rings is 2. The standard InChI is InChI=1S/C17H15N3S/c1-12-6-7-16-15(8-12)19-17(20(16)2)21-11-14-5-3-4-13(9-14)10-18/h3-9H,11H2,1-2H3. The van der Waals surface area contributed by atoms with Gasteiger partial charge in [0.05, 0.1) is 22.7 Å². The zero-order valence-corrected chi connectivity index (χ0v) is 12.8. The van der Waals surface area contributed by atoms with E-state index >= 15 is 0 Å². The molecular weight excluding hydrogens is 278 g/mol. The third-order valence-electron chi connectivity index (χ3n) is 3.42. The minimum Gasteiger partial charge on any atom is -0.322 e. The van der Waals surface area contributed by atoms with Crippen LogP contribution < -0.4 is 0 Å². The van der Waals surface area contributed by atoms with Crippen LogP contribution >= 0.6 is 11.8 Å². The van der Waals surface area contributed by atoms with Crippen LogP contribution in [0.5, 0.6) is 0 Å². The van der Waals surface area contributed by atoms with Crippen LogP contribution in [0.25, 0.3) is 11.0 Å². The molecule has 4 heteroatoms. The summed E-state index contributed by atoms with van der Waals surface area (Å²) in [6, 6.07) is 16.2. The van der Waals surface area contributed by atoms with E-state index in [0.29, 0.717) is 5.56 Å². The molecule has 104 valence electrons. The van der Waals surface area contributed by atoms with Crippen molar-refractivity contribution in [2.24, 2.45) is 7.05 Å². The van der Waals surface area contributed by atoms with Crippen LogP contribution in [0.1, 0.15) is 16.7 Å². The summed E-state index contributed by atoms with van der Waals surface area (Å²) in [7, 11) is 2.04. The Kier molecular flexibility index (Phi) is 3.68. The van der Waals surface area contributed by atoms with Crippen molar-refractivity contribution >= 4 is 22.8 Å². The van der Waals surface area contributed by atoms with Gasteiger partial charge in [0.2, 0.25) is 0 Å². The molecule has 0 bridgehead atoms. The summed E-state index contributed by atoms with van der Waals surface area (Å²) in [5.41, 5.74) is 5.24.